The van der Waals surface area contributed by atoms with E-state index in [4.69, 9.17) is 4.52 Å². The highest BCUT2D eigenvalue weighted by molar-refractivity contribution is 7.89. The molecule has 11 heteroatoms. The topological polar surface area (TPSA) is 131 Å². The van der Waals surface area contributed by atoms with E-state index in [-0.39, 0.29) is 16.4 Å². The molecule has 0 radical (unpaired) electrons. The molecule has 2 N–H and O–H groups in total. The number of fused-ring (bicyclic) bond motifs is 1. The van der Waals surface area contributed by atoms with Gasteiger partial charge in [-0.1, -0.05) is 5.16 Å². The lowest BCUT2D eigenvalue weighted by molar-refractivity contribution is -0.113. The van der Waals surface area contributed by atoms with Crippen molar-refractivity contribution in [3.63, 3.8) is 0 Å². The summed E-state index contributed by atoms with van der Waals surface area (Å²) in [5, 5.41) is 19.9. The zero-order chi connectivity index (χ0) is 16.9. The molecule has 3 rings (SSSR count). The van der Waals surface area contributed by atoms with E-state index < -0.39 is 27.4 Å². The van der Waals surface area contributed by atoms with Gasteiger partial charge in [-0.3, -0.25) is 13.8 Å². The molecule has 0 unspecified atom stereocenters. The molecular weight excluding hydrogens is 326 g/mol. The number of carbonyl (C=O) groups is 1. The second kappa shape index (κ2) is 4.84. The highest BCUT2D eigenvalue weighted by atomic mass is 32.2. The lowest BCUT2D eigenvalue weighted by atomic mass is 10.2. The number of sulfonamides is 1. The Bertz CT molecular complexity index is 939. The Morgan fingerprint density at radius 3 is 2.70 bits per heavy atom. The molecule has 10 nitrogen and oxygen atoms in total. The first kappa shape index (κ1) is 15.1. The van der Waals surface area contributed by atoms with E-state index in [1.807, 2.05) is 0 Å². The van der Waals surface area contributed by atoms with Gasteiger partial charge in [-0.05, 0) is 6.92 Å². The van der Waals surface area contributed by atoms with Crippen LogP contribution in [0.2, 0.25) is 0 Å². The van der Waals surface area contributed by atoms with Crippen LogP contribution in [0.4, 0.5) is 5.82 Å². The average molecular weight is 339 g/mol. The van der Waals surface area contributed by atoms with E-state index >= 15 is 0 Å². The largest absolute Gasteiger partial charge is 0.505 e. The van der Waals surface area contributed by atoms with Gasteiger partial charge in [0.05, 0.1) is 11.8 Å². The van der Waals surface area contributed by atoms with Gasteiger partial charge in [0.2, 0.25) is 0 Å². The lowest BCUT2D eigenvalue weighted by Crippen LogP contribution is -2.38. The number of aromatic nitrogens is 3. The SMILES string of the molecule is Cc1cc(NC(=O)C2=C(O)c3cnn(C)c3S(=O)(=O)N2C)no1. The van der Waals surface area contributed by atoms with Crippen LogP contribution in [0.15, 0.2) is 27.5 Å². The minimum absolute atomic E-state index is 0.0351. The summed E-state index contributed by atoms with van der Waals surface area (Å²) in [5.74, 6) is -0.743. The van der Waals surface area contributed by atoms with E-state index in [1.54, 1.807) is 6.92 Å². The number of aliphatic hydroxyl groups is 1. The van der Waals surface area contributed by atoms with Crippen LogP contribution in [0, 0.1) is 6.92 Å². The van der Waals surface area contributed by atoms with Crippen molar-refractivity contribution in [2.45, 2.75) is 11.9 Å². The molecular formula is C12H13N5O5S. The third kappa shape index (κ3) is 2.16. The molecule has 1 aliphatic rings. The van der Waals surface area contributed by atoms with Crippen molar-refractivity contribution in [2.24, 2.45) is 7.05 Å². The van der Waals surface area contributed by atoms with Crippen molar-refractivity contribution >= 4 is 27.5 Å². The fourth-order valence-corrected chi connectivity index (χ4v) is 3.75. The maximum Gasteiger partial charge on any atom is 0.282 e. The van der Waals surface area contributed by atoms with E-state index in [2.05, 4.69) is 15.6 Å². The third-order valence-corrected chi connectivity index (χ3v) is 5.24. The molecule has 2 aromatic heterocycles. The fraction of sp³-hybridized carbons (Fsp3) is 0.250. The minimum atomic E-state index is -4.01. The molecule has 1 amide bonds. The van der Waals surface area contributed by atoms with E-state index in [0.717, 1.165) is 4.68 Å². The zero-order valence-corrected chi connectivity index (χ0v) is 13.2. The number of aliphatic hydroxyl groups excluding tert-OH is 1. The van der Waals surface area contributed by atoms with Gasteiger partial charge >= 0.3 is 0 Å². The van der Waals surface area contributed by atoms with Crippen LogP contribution in [0.3, 0.4) is 0 Å². The summed E-state index contributed by atoms with van der Waals surface area (Å²) in [4.78, 5) is 12.4. The number of rotatable bonds is 2. The number of hydrogen-bond acceptors (Lipinski definition) is 7. The van der Waals surface area contributed by atoms with Crippen molar-refractivity contribution in [1.82, 2.24) is 19.2 Å². The van der Waals surface area contributed by atoms with Crippen molar-refractivity contribution in [1.29, 1.82) is 0 Å². The van der Waals surface area contributed by atoms with Crippen molar-refractivity contribution in [3.8, 4) is 0 Å². The van der Waals surface area contributed by atoms with E-state index in [1.165, 1.54) is 26.4 Å². The Labute approximate surface area is 131 Å². The highest BCUT2D eigenvalue weighted by Gasteiger charge is 2.40. The zero-order valence-electron chi connectivity index (χ0n) is 12.4. The van der Waals surface area contributed by atoms with Crippen LogP contribution >= 0.6 is 0 Å². The molecule has 0 saturated heterocycles. The van der Waals surface area contributed by atoms with Crippen LogP contribution in [-0.2, 0) is 21.9 Å². The summed E-state index contributed by atoms with van der Waals surface area (Å²) in [7, 11) is -1.41. The van der Waals surface area contributed by atoms with Crippen LogP contribution in [0.25, 0.3) is 5.76 Å². The molecule has 2 aromatic rings. The van der Waals surface area contributed by atoms with Gasteiger partial charge in [0.1, 0.15) is 5.76 Å². The molecule has 0 aliphatic carbocycles. The molecule has 3 heterocycles. The number of nitrogens with one attached hydrogen (secondary N) is 1. The number of likely N-dealkylation sites (N-methyl/N-ethyl adjacent to an activating group) is 1. The number of aryl methyl sites for hydroxylation is 2. The molecule has 0 fully saturated rings. The van der Waals surface area contributed by atoms with Gasteiger partial charge in [0.25, 0.3) is 15.9 Å². The maximum absolute atomic E-state index is 12.5. The molecule has 0 atom stereocenters. The van der Waals surface area contributed by atoms with Crippen LogP contribution in [0.5, 0.6) is 0 Å². The quantitative estimate of drug-likeness (QED) is 0.800. The number of nitrogens with zero attached hydrogens (tertiary/aromatic N) is 4. The van der Waals surface area contributed by atoms with Crippen LogP contribution in [-0.4, -0.2) is 45.7 Å². The summed E-state index contributed by atoms with van der Waals surface area (Å²) in [6, 6.07) is 1.46. The molecule has 23 heavy (non-hydrogen) atoms. The smallest absolute Gasteiger partial charge is 0.282 e. The van der Waals surface area contributed by atoms with Gasteiger partial charge in [0, 0.05) is 20.2 Å². The standard InChI is InChI=1S/C12H13N5O5S/c1-6-4-8(15-22-6)14-11(19)9-10(18)7-5-13-16(2)12(7)23(20,21)17(9)3/h4-5,18H,1-3H3,(H,14,15,19). The van der Waals surface area contributed by atoms with Crippen molar-refractivity contribution < 1.29 is 22.8 Å². The molecule has 0 spiro atoms. The maximum atomic E-state index is 12.5. The Morgan fingerprint density at radius 1 is 1.39 bits per heavy atom. The summed E-state index contributed by atoms with van der Waals surface area (Å²) in [6.45, 7) is 1.64. The number of anilines is 1. The normalized spacial score (nSPS) is 16.4. The Morgan fingerprint density at radius 2 is 2.09 bits per heavy atom. The van der Waals surface area contributed by atoms with E-state index in [0.29, 0.717) is 10.1 Å². The van der Waals surface area contributed by atoms with Gasteiger partial charge in [-0.2, -0.15) is 13.5 Å². The first-order valence-corrected chi connectivity index (χ1v) is 7.86. The van der Waals surface area contributed by atoms with Gasteiger partial charge in [0.15, 0.2) is 22.3 Å². The number of amides is 1. The lowest BCUT2D eigenvalue weighted by Gasteiger charge is -2.26. The van der Waals surface area contributed by atoms with Crippen molar-refractivity contribution in [2.75, 3.05) is 12.4 Å². The second-order valence-electron chi connectivity index (χ2n) is 4.93. The number of hydrogen-bond donors (Lipinski definition) is 2. The summed E-state index contributed by atoms with van der Waals surface area (Å²) in [5.41, 5.74) is -0.460. The first-order valence-electron chi connectivity index (χ1n) is 6.42. The molecule has 0 bridgehead atoms. The monoisotopic (exact) mass is 339 g/mol. The third-order valence-electron chi connectivity index (χ3n) is 3.37. The highest BCUT2D eigenvalue weighted by Crippen LogP contribution is 2.34. The fourth-order valence-electron chi connectivity index (χ4n) is 2.27. The Hall–Kier alpha value is -2.82. The Kier molecular flexibility index (Phi) is 3.18. The van der Waals surface area contributed by atoms with Crippen LogP contribution in [0.1, 0.15) is 11.3 Å². The average Bonchev–Trinajstić information content (AvgIpc) is 3.04. The summed E-state index contributed by atoms with van der Waals surface area (Å²) >= 11 is 0. The van der Waals surface area contributed by atoms with E-state index in [9.17, 15) is 18.3 Å². The molecule has 122 valence electrons. The molecule has 0 aromatic carbocycles. The van der Waals surface area contributed by atoms with Gasteiger partial charge in [-0.25, -0.2) is 0 Å². The van der Waals surface area contributed by atoms with Gasteiger partial charge < -0.3 is 14.9 Å². The number of carbonyl (C=O) groups excluding carboxylic acids is 1. The van der Waals surface area contributed by atoms with Crippen molar-refractivity contribution in [3.05, 3.63) is 29.3 Å². The predicted octanol–water partition coefficient (Wildman–Crippen LogP) is 0.216. The molecule has 0 saturated carbocycles. The summed E-state index contributed by atoms with van der Waals surface area (Å²) in [6.07, 6.45) is 1.18. The van der Waals surface area contributed by atoms with Gasteiger partial charge in [-0.15, -0.1) is 0 Å². The summed E-state index contributed by atoms with van der Waals surface area (Å²) < 4.78 is 31.7. The minimum Gasteiger partial charge on any atom is -0.505 e. The first-order chi connectivity index (χ1) is 10.7. The van der Waals surface area contributed by atoms with Crippen LogP contribution < -0.4 is 5.32 Å². The predicted molar refractivity (Wildman–Crippen MR) is 77.6 cm³/mol. The Balaban J connectivity index is 2.09. The molecule has 1 aliphatic heterocycles. The second-order valence-corrected chi connectivity index (χ2v) is 6.82.